The van der Waals surface area contributed by atoms with Crippen LogP contribution in [0.1, 0.15) is 59.8 Å². The van der Waals surface area contributed by atoms with Gasteiger partial charge in [-0.1, -0.05) is 27.7 Å². The van der Waals surface area contributed by atoms with Gasteiger partial charge in [-0.15, -0.1) is 0 Å². The van der Waals surface area contributed by atoms with Crippen molar-refractivity contribution in [1.29, 1.82) is 0 Å². The van der Waals surface area contributed by atoms with Crippen LogP contribution in [0.3, 0.4) is 0 Å². The molecule has 0 aromatic rings. The van der Waals surface area contributed by atoms with Gasteiger partial charge in [-0.2, -0.15) is 0 Å². The fraction of sp³-hybridized carbons (Fsp3) is 0.857. The Labute approximate surface area is 169 Å². The minimum absolute atomic E-state index is 0.00375. The van der Waals surface area contributed by atoms with Crippen LogP contribution in [0.2, 0.25) is 0 Å². The van der Waals surface area contributed by atoms with Crippen LogP contribution in [-0.4, -0.2) is 56.6 Å². The largest absolute Gasteiger partial charge is 0.379 e. The van der Waals surface area contributed by atoms with Crippen molar-refractivity contribution < 1.29 is 23.9 Å². The van der Waals surface area contributed by atoms with Crippen LogP contribution in [0.15, 0.2) is 0 Å². The fourth-order valence-electron chi connectivity index (χ4n) is 3.23. The number of hydrogen-bond acceptors (Lipinski definition) is 5. The van der Waals surface area contributed by atoms with E-state index in [9.17, 15) is 14.4 Å². The number of amides is 2. The van der Waals surface area contributed by atoms with Gasteiger partial charge in [0.2, 0.25) is 11.8 Å². The van der Waals surface area contributed by atoms with Gasteiger partial charge in [-0.3, -0.25) is 14.4 Å². The van der Waals surface area contributed by atoms with Gasteiger partial charge in [-0.05, 0) is 25.7 Å². The maximum atomic E-state index is 12.0. The fourth-order valence-corrected chi connectivity index (χ4v) is 3.23. The van der Waals surface area contributed by atoms with Crippen molar-refractivity contribution in [3.05, 3.63) is 0 Å². The lowest BCUT2D eigenvalue weighted by Crippen LogP contribution is -2.39. The van der Waals surface area contributed by atoms with E-state index in [4.69, 9.17) is 9.47 Å². The van der Waals surface area contributed by atoms with E-state index in [-0.39, 0.29) is 35.6 Å². The van der Waals surface area contributed by atoms with E-state index in [1.54, 1.807) is 0 Å². The summed E-state index contributed by atoms with van der Waals surface area (Å²) in [6.07, 6.45) is 3.81. The molecule has 0 saturated heterocycles. The second kappa shape index (κ2) is 13.7. The first-order valence-corrected chi connectivity index (χ1v) is 10.6. The monoisotopic (exact) mass is 398 g/mol. The highest BCUT2D eigenvalue weighted by Gasteiger charge is 2.28. The summed E-state index contributed by atoms with van der Waals surface area (Å²) in [6.45, 7) is 9.76. The number of carbonyl (C=O) groups is 3. The normalized spacial score (nSPS) is 19.6. The molecule has 2 amide bonds. The highest BCUT2D eigenvalue weighted by atomic mass is 16.5. The molecule has 1 aliphatic rings. The Morgan fingerprint density at radius 1 is 0.857 bits per heavy atom. The van der Waals surface area contributed by atoms with Gasteiger partial charge < -0.3 is 20.1 Å². The molecule has 28 heavy (non-hydrogen) atoms. The van der Waals surface area contributed by atoms with Gasteiger partial charge in [0.15, 0.2) is 0 Å². The number of ether oxygens (including phenoxy) is 2. The zero-order valence-electron chi connectivity index (χ0n) is 17.9. The van der Waals surface area contributed by atoms with Crippen LogP contribution < -0.4 is 10.6 Å². The number of ketones is 1. The molecule has 0 unspecified atom stereocenters. The van der Waals surface area contributed by atoms with Crippen LogP contribution in [0.5, 0.6) is 0 Å². The molecule has 0 radical (unpaired) electrons. The third kappa shape index (κ3) is 10.2. The highest BCUT2D eigenvalue weighted by molar-refractivity contribution is 5.83. The summed E-state index contributed by atoms with van der Waals surface area (Å²) in [6, 6.07) is 0.174. The first-order valence-electron chi connectivity index (χ1n) is 10.6. The number of nitrogens with one attached hydrogen (secondary N) is 2. The van der Waals surface area contributed by atoms with Crippen LogP contribution >= 0.6 is 0 Å². The van der Waals surface area contributed by atoms with Crippen LogP contribution in [0.4, 0.5) is 0 Å². The van der Waals surface area contributed by atoms with Crippen molar-refractivity contribution in [1.82, 2.24) is 10.6 Å². The molecule has 162 valence electrons. The lowest BCUT2D eigenvalue weighted by Gasteiger charge is -2.29. The Morgan fingerprint density at radius 3 is 2.04 bits per heavy atom. The minimum Gasteiger partial charge on any atom is -0.379 e. The second-order valence-electron chi connectivity index (χ2n) is 8.09. The number of rotatable bonds is 13. The Morgan fingerprint density at radius 2 is 1.46 bits per heavy atom. The number of hydrogen-bond donors (Lipinski definition) is 2. The van der Waals surface area contributed by atoms with Crippen molar-refractivity contribution in [2.75, 3.05) is 33.0 Å². The van der Waals surface area contributed by atoms with E-state index in [1.165, 1.54) is 0 Å². The molecule has 1 aliphatic carbocycles. The summed E-state index contributed by atoms with van der Waals surface area (Å²) in [7, 11) is 0. The summed E-state index contributed by atoms with van der Waals surface area (Å²) in [5.74, 6) is 0.600. The third-order valence-corrected chi connectivity index (χ3v) is 4.98. The molecular weight excluding hydrogens is 360 g/mol. The van der Waals surface area contributed by atoms with Crippen molar-refractivity contribution in [2.24, 2.45) is 17.8 Å². The summed E-state index contributed by atoms with van der Waals surface area (Å²) >= 11 is 0. The first kappa shape index (κ1) is 24.6. The van der Waals surface area contributed by atoms with E-state index >= 15 is 0 Å². The average Bonchev–Trinajstić information content (AvgIpc) is 2.66. The Hall–Kier alpha value is -1.47. The smallest absolute Gasteiger partial charge is 0.222 e. The molecule has 7 heteroatoms. The molecule has 0 aromatic heterocycles. The molecule has 1 saturated carbocycles. The van der Waals surface area contributed by atoms with Crippen LogP contribution in [0, 0.1) is 17.8 Å². The summed E-state index contributed by atoms with van der Waals surface area (Å²) in [5, 5.41) is 5.82. The predicted molar refractivity (Wildman–Crippen MR) is 108 cm³/mol. The Kier molecular flexibility index (Phi) is 12.0. The van der Waals surface area contributed by atoms with Crippen molar-refractivity contribution in [3.63, 3.8) is 0 Å². The van der Waals surface area contributed by atoms with E-state index < -0.39 is 0 Å². The minimum atomic E-state index is -0.0213. The summed E-state index contributed by atoms with van der Waals surface area (Å²) in [4.78, 5) is 35.4. The van der Waals surface area contributed by atoms with Gasteiger partial charge >= 0.3 is 0 Å². The number of Topliss-reactive ketones (excluding diaryl/α,β-unsaturated/α-hetero) is 1. The Bertz CT molecular complexity index is 485. The topological polar surface area (TPSA) is 93.7 Å². The predicted octanol–water partition coefficient (Wildman–Crippen LogP) is 2.08. The van der Waals surface area contributed by atoms with Crippen molar-refractivity contribution in [2.45, 2.75) is 65.8 Å². The standard InChI is InChI=1S/C21H38N2O5/c1-15(2)20(25)17-5-7-18(8-6-17)23-19(24)9-11-27-13-14-28-12-10-22-21(26)16(3)4/h15-18H,5-14H2,1-4H3,(H,22,26)(H,23,24)/t17-,18+. The molecule has 1 fully saturated rings. The molecule has 2 N–H and O–H groups in total. The highest BCUT2D eigenvalue weighted by Crippen LogP contribution is 2.27. The zero-order valence-corrected chi connectivity index (χ0v) is 17.9. The molecule has 7 nitrogen and oxygen atoms in total. The molecular formula is C21H38N2O5. The molecule has 0 aliphatic heterocycles. The lowest BCUT2D eigenvalue weighted by atomic mass is 9.80. The molecule has 0 atom stereocenters. The van der Waals surface area contributed by atoms with Gasteiger partial charge in [0.25, 0.3) is 0 Å². The van der Waals surface area contributed by atoms with Gasteiger partial charge in [0.1, 0.15) is 5.78 Å². The van der Waals surface area contributed by atoms with Gasteiger partial charge in [-0.25, -0.2) is 0 Å². The molecule has 1 rings (SSSR count). The third-order valence-electron chi connectivity index (χ3n) is 4.98. The quantitative estimate of drug-likeness (QED) is 0.463. The van der Waals surface area contributed by atoms with E-state index in [2.05, 4.69) is 10.6 Å². The number of carbonyl (C=O) groups excluding carboxylic acids is 3. The molecule has 0 heterocycles. The van der Waals surface area contributed by atoms with E-state index in [0.29, 0.717) is 45.2 Å². The lowest BCUT2D eigenvalue weighted by molar-refractivity contribution is -0.127. The summed E-state index contributed by atoms with van der Waals surface area (Å²) in [5.41, 5.74) is 0. The zero-order chi connectivity index (χ0) is 20.9. The summed E-state index contributed by atoms with van der Waals surface area (Å²) < 4.78 is 10.8. The van der Waals surface area contributed by atoms with Crippen molar-refractivity contribution >= 4 is 17.6 Å². The molecule has 0 spiro atoms. The second-order valence-corrected chi connectivity index (χ2v) is 8.09. The van der Waals surface area contributed by atoms with Crippen LogP contribution in [-0.2, 0) is 23.9 Å². The van der Waals surface area contributed by atoms with Crippen molar-refractivity contribution in [3.8, 4) is 0 Å². The first-order chi connectivity index (χ1) is 13.3. The maximum Gasteiger partial charge on any atom is 0.222 e. The van der Waals surface area contributed by atoms with E-state index in [0.717, 1.165) is 25.7 Å². The van der Waals surface area contributed by atoms with Gasteiger partial charge in [0, 0.05) is 36.8 Å². The van der Waals surface area contributed by atoms with Crippen LogP contribution in [0.25, 0.3) is 0 Å². The molecule has 0 bridgehead atoms. The maximum absolute atomic E-state index is 12.0. The average molecular weight is 399 g/mol. The molecule has 0 aromatic carbocycles. The van der Waals surface area contributed by atoms with E-state index in [1.807, 2.05) is 27.7 Å². The Balaban J connectivity index is 1.98. The SMILES string of the molecule is CC(C)C(=O)NCCOCCOCCC(=O)N[C@H]1CC[C@@H](C(=O)C(C)C)CC1. The van der Waals surface area contributed by atoms with Gasteiger partial charge in [0.05, 0.1) is 26.4 Å².